The maximum absolute atomic E-state index is 12.0. The first-order chi connectivity index (χ1) is 13.4. The lowest BCUT2D eigenvalue weighted by Gasteiger charge is -2.34. The number of anilines is 1. The van der Waals surface area contributed by atoms with Gasteiger partial charge in [0.15, 0.2) is 0 Å². The van der Waals surface area contributed by atoms with Crippen LogP contribution in [0.1, 0.15) is 47.8 Å². The van der Waals surface area contributed by atoms with Crippen molar-refractivity contribution in [1.82, 2.24) is 14.3 Å². The van der Waals surface area contributed by atoms with Gasteiger partial charge in [-0.2, -0.15) is 0 Å². The summed E-state index contributed by atoms with van der Waals surface area (Å²) in [6.07, 6.45) is 5.19. The van der Waals surface area contributed by atoms with Gasteiger partial charge >= 0.3 is 0 Å². The molecule has 1 fully saturated rings. The van der Waals surface area contributed by atoms with Gasteiger partial charge in [0.05, 0.1) is 6.26 Å². The Kier molecular flexibility index (Phi) is 5.38. The van der Waals surface area contributed by atoms with Gasteiger partial charge in [-0.15, -0.1) is 0 Å². The Bertz CT molecular complexity index is 946. The van der Waals surface area contributed by atoms with E-state index in [0.29, 0.717) is 13.1 Å². The molecule has 150 valence electrons. The van der Waals surface area contributed by atoms with Crippen LogP contribution in [-0.4, -0.2) is 48.6 Å². The van der Waals surface area contributed by atoms with Crippen LogP contribution in [0.25, 0.3) is 0 Å². The monoisotopic (exact) mass is 400 g/mol. The first kappa shape index (κ1) is 19.3. The summed E-state index contributed by atoms with van der Waals surface area (Å²) in [5.74, 6) is 1.90. The molecule has 28 heavy (non-hydrogen) atoms. The van der Waals surface area contributed by atoms with Gasteiger partial charge in [0.1, 0.15) is 11.6 Å². The van der Waals surface area contributed by atoms with Crippen molar-refractivity contribution in [3.63, 3.8) is 0 Å². The summed E-state index contributed by atoms with van der Waals surface area (Å²) in [6.45, 7) is 4.96. The summed E-state index contributed by atoms with van der Waals surface area (Å²) in [6, 6.07) is 10.5. The molecule has 0 aliphatic carbocycles. The van der Waals surface area contributed by atoms with Gasteiger partial charge in [0, 0.05) is 43.4 Å². The summed E-state index contributed by atoms with van der Waals surface area (Å²) in [4.78, 5) is 12.1. The highest BCUT2D eigenvalue weighted by molar-refractivity contribution is 7.88. The third-order valence-corrected chi connectivity index (χ3v) is 7.07. The molecular formula is C21H28N4O2S. The van der Waals surface area contributed by atoms with Crippen LogP contribution in [0, 0.1) is 6.92 Å². The van der Waals surface area contributed by atoms with Crippen molar-refractivity contribution < 1.29 is 8.42 Å². The topological polar surface area (TPSA) is 66.4 Å². The summed E-state index contributed by atoms with van der Waals surface area (Å²) < 4.78 is 25.6. The van der Waals surface area contributed by atoms with E-state index >= 15 is 0 Å². The molecule has 0 amide bonds. The minimum Gasteiger partial charge on any atom is -0.352 e. The van der Waals surface area contributed by atoms with Crippen molar-refractivity contribution in [1.29, 1.82) is 0 Å². The SMILES string of the molecule is Cc1nc(C2CCCN(S(C)(=O)=O)C2)nc2c1CCCN2Cc1ccccc1. The molecule has 4 rings (SSSR count). The smallest absolute Gasteiger partial charge is 0.211 e. The predicted octanol–water partition coefficient (Wildman–Crippen LogP) is 2.88. The Hall–Kier alpha value is -1.99. The van der Waals surface area contributed by atoms with Gasteiger partial charge in [-0.25, -0.2) is 22.7 Å². The Balaban J connectivity index is 1.64. The van der Waals surface area contributed by atoms with Crippen molar-refractivity contribution >= 4 is 15.8 Å². The normalized spacial score (nSPS) is 20.8. The van der Waals surface area contributed by atoms with Crippen molar-refractivity contribution in [3.8, 4) is 0 Å². The highest BCUT2D eigenvalue weighted by Crippen LogP contribution is 2.32. The molecule has 1 saturated heterocycles. The molecule has 3 heterocycles. The van der Waals surface area contributed by atoms with Crippen LogP contribution in [0.4, 0.5) is 5.82 Å². The number of aromatic nitrogens is 2. The molecule has 7 heteroatoms. The zero-order valence-corrected chi connectivity index (χ0v) is 17.5. The number of rotatable bonds is 4. The van der Waals surface area contributed by atoms with Gasteiger partial charge in [-0.1, -0.05) is 30.3 Å². The predicted molar refractivity (Wildman–Crippen MR) is 111 cm³/mol. The van der Waals surface area contributed by atoms with Crippen molar-refractivity contribution in [3.05, 3.63) is 53.0 Å². The number of piperidine rings is 1. The highest BCUT2D eigenvalue weighted by atomic mass is 32.2. The number of fused-ring (bicyclic) bond motifs is 1. The largest absolute Gasteiger partial charge is 0.352 e. The summed E-state index contributed by atoms with van der Waals surface area (Å²) in [5, 5.41) is 0. The van der Waals surface area contributed by atoms with Gasteiger partial charge in [0.2, 0.25) is 10.0 Å². The van der Waals surface area contributed by atoms with Gasteiger partial charge in [-0.3, -0.25) is 0 Å². The molecule has 0 N–H and O–H groups in total. The molecular weight excluding hydrogens is 372 g/mol. The first-order valence-corrected chi connectivity index (χ1v) is 11.9. The minimum atomic E-state index is -3.18. The fraction of sp³-hybridized carbons (Fsp3) is 0.524. The van der Waals surface area contributed by atoms with E-state index in [1.807, 2.05) is 6.07 Å². The average Bonchev–Trinajstić information content (AvgIpc) is 2.69. The molecule has 0 radical (unpaired) electrons. The first-order valence-electron chi connectivity index (χ1n) is 10.0. The minimum absolute atomic E-state index is 0.0629. The summed E-state index contributed by atoms with van der Waals surface area (Å²) >= 11 is 0. The van der Waals surface area contributed by atoms with Crippen LogP contribution < -0.4 is 4.90 Å². The van der Waals surface area contributed by atoms with Gasteiger partial charge in [-0.05, 0) is 38.2 Å². The second-order valence-electron chi connectivity index (χ2n) is 7.94. The second kappa shape index (κ2) is 7.79. The molecule has 0 saturated carbocycles. The van der Waals surface area contributed by atoms with Crippen LogP contribution in [-0.2, 0) is 23.0 Å². The van der Waals surface area contributed by atoms with Crippen molar-refractivity contribution in [2.24, 2.45) is 0 Å². The Morgan fingerprint density at radius 3 is 2.64 bits per heavy atom. The van der Waals surface area contributed by atoms with Gasteiger partial charge < -0.3 is 4.90 Å². The number of sulfonamides is 1. The van der Waals surface area contributed by atoms with Crippen molar-refractivity contribution in [2.45, 2.75) is 45.1 Å². The zero-order valence-electron chi connectivity index (χ0n) is 16.6. The van der Waals surface area contributed by atoms with Crippen LogP contribution >= 0.6 is 0 Å². The average molecular weight is 401 g/mol. The van der Waals surface area contributed by atoms with Crippen LogP contribution in [0.2, 0.25) is 0 Å². The van der Waals surface area contributed by atoms with E-state index < -0.39 is 10.0 Å². The summed E-state index contributed by atoms with van der Waals surface area (Å²) in [5.41, 5.74) is 3.55. The van der Waals surface area contributed by atoms with E-state index in [2.05, 4.69) is 36.1 Å². The maximum Gasteiger partial charge on any atom is 0.211 e. The van der Waals surface area contributed by atoms with Crippen molar-refractivity contribution in [2.75, 3.05) is 30.8 Å². The van der Waals surface area contributed by atoms with Crippen LogP contribution in [0.15, 0.2) is 30.3 Å². The maximum atomic E-state index is 12.0. The molecule has 1 atom stereocenters. The highest BCUT2D eigenvalue weighted by Gasteiger charge is 2.30. The standard InChI is InChI=1S/C21H28N4O2S/c1-16-19-11-7-12-24(14-17-8-4-3-5-9-17)21(19)23-20(22-16)18-10-6-13-25(15-18)28(2,26)27/h3-5,8-9,18H,6-7,10-15H2,1-2H3. The van der Waals surface area contributed by atoms with Crippen LogP contribution in [0.5, 0.6) is 0 Å². The third kappa shape index (κ3) is 4.05. The third-order valence-electron chi connectivity index (χ3n) is 5.80. The second-order valence-corrected chi connectivity index (χ2v) is 9.92. The molecule has 2 aliphatic rings. The van der Waals surface area contributed by atoms with Gasteiger partial charge in [0.25, 0.3) is 0 Å². The molecule has 1 unspecified atom stereocenters. The summed E-state index contributed by atoms with van der Waals surface area (Å²) in [7, 11) is -3.18. The van der Waals surface area contributed by atoms with E-state index in [4.69, 9.17) is 9.97 Å². The Morgan fingerprint density at radius 1 is 1.11 bits per heavy atom. The zero-order chi connectivity index (χ0) is 19.7. The van der Waals surface area contributed by atoms with E-state index in [9.17, 15) is 8.42 Å². The number of hydrogen-bond donors (Lipinski definition) is 0. The molecule has 6 nitrogen and oxygen atoms in total. The fourth-order valence-corrected chi connectivity index (χ4v) is 5.22. The number of benzene rings is 1. The molecule has 1 aromatic heterocycles. The van der Waals surface area contributed by atoms with Crippen LogP contribution in [0.3, 0.4) is 0 Å². The quantitative estimate of drug-likeness (QED) is 0.790. The van der Waals surface area contributed by atoms with E-state index in [1.54, 1.807) is 4.31 Å². The van der Waals surface area contributed by atoms with E-state index in [-0.39, 0.29) is 5.92 Å². The lowest BCUT2D eigenvalue weighted by atomic mass is 9.97. The number of hydrogen-bond acceptors (Lipinski definition) is 5. The Labute approximate surface area is 167 Å². The Morgan fingerprint density at radius 2 is 1.89 bits per heavy atom. The number of aryl methyl sites for hydroxylation is 1. The van der Waals surface area contributed by atoms with E-state index in [0.717, 1.165) is 56.1 Å². The lowest BCUT2D eigenvalue weighted by Crippen LogP contribution is -2.39. The van der Waals surface area contributed by atoms with E-state index in [1.165, 1.54) is 17.4 Å². The molecule has 1 aromatic carbocycles. The fourth-order valence-electron chi connectivity index (χ4n) is 4.30. The lowest BCUT2D eigenvalue weighted by molar-refractivity contribution is 0.310. The molecule has 0 spiro atoms. The molecule has 0 bridgehead atoms. The molecule has 2 aliphatic heterocycles. The number of nitrogens with zero attached hydrogens (tertiary/aromatic N) is 4. The molecule has 2 aromatic rings.